The van der Waals surface area contributed by atoms with E-state index in [1.807, 2.05) is 25.1 Å². The zero-order valence-electron chi connectivity index (χ0n) is 18.8. The number of likely N-dealkylation sites (N-methyl/N-ethyl adjacent to an activating group) is 1. The van der Waals surface area contributed by atoms with Gasteiger partial charge in [-0.1, -0.05) is 6.07 Å². The van der Waals surface area contributed by atoms with Crippen LogP contribution in [0, 0.1) is 16.7 Å². The number of ether oxygens (including phenoxy) is 3. The van der Waals surface area contributed by atoms with Gasteiger partial charge in [-0.05, 0) is 54.1 Å². The molecule has 1 aromatic rings. The van der Waals surface area contributed by atoms with Crippen LogP contribution in [0.4, 0.5) is 0 Å². The number of hydrogen-bond acceptors (Lipinski definition) is 8. The van der Waals surface area contributed by atoms with E-state index in [4.69, 9.17) is 25.4 Å². The standard InChI is InChI=1S/C22H24N4O5S3/c1-20-18(27)26-17(14-3-4-15-16(9-14)31-13-30-15)21(11-23,12-25-5-7-29-8-6-25)10-22(26,34(20)33-32)19(28)24(20)2/h3-4,9,17H,5-8,10,12-13H2,1-2H3/t17-,20-,21+,22-,34?/m0/s1. The monoisotopic (exact) mass is 520 g/mol. The van der Waals surface area contributed by atoms with Crippen molar-refractivity contribution in [3.05, 3.63) is 23.8 Å². The molecule has 0 aromatic heterocycles. The highest BCUT2D eigenvalue weighted by Gasteiger charge is 2.81. The number of morpholine rings is 1. The molecule has 6 rings (SSSR count). The van der Waals surface area contributed by atoms with Crippen molar-refractivity contribution < 1.29 is 23.8 Å². The molecular formula is C22H24N4O5S3. The normalized spacial score (nSPS) is 38.4. The van der Waals surface area contributed by atoms with Gasteiger partial charge < -0.3 is 24.0 Å². The van der Waals surface area contributed by atoms with Gasteiger partial charge in [0.1, 0.15) is 0 Å². The highest BCUT2D eigenvalue weighted by molar-refractivity contribution is 8.49. The maximum atomic E-state index is 14.1. The van der Waals surface area contributed by atoms with E-state index in [1.54, 1.807) is 16.8 Å². The molecule has 1 spiro atoms. The fraction of sp³-hybridized carbons (Fsp3) is 0.591. The Hall–Kier alpha value is -2.04. The van der Waals surface area contributed by atoms with Crippen molar-refractivity contribution in [2.24, 2.45) is 5.41 Å². The third-order valence-corrected chi connectivity index (χ3v) is 13.8. The van der Waals surface area contributed by atoms with Crippen LogP contribution in [0.25, 0.3) is 0 Å². The molecule has 5 aliphatic heterocycles. The van der Waals surface area contributed by atoms with Gasteiger partial charge in [0.2, 0.25) is 6.79 Å². The second-order valence-electron chi connectivity index (χ2n) is 9.49. The zero-order chi connectivity index (χ0) is 23.9. The van der Waals surface area contributed by atoms with Crippen LogP contribution in [0.15, 0.2) is 18.2 Å². The lowest BCUT2D eigenvalue weighted by Crippen LogP contribution is -2.61. The SMILES string of the molecule is CN1C(=O)[C@@]23C[C@@](C#N)(CN4CCOCC4)[C@H](c4ccc5c(c4)OCO5)N2C(=O)[C@]1(C)S3=S=S. The second-order valence-corrected chi connectivity index (χ2v) is 14.3. The number of nitriles is 1. The number of benzene rings is 1. The van der Waals surface area contributed by atoms with Crippen LogP contribution >= 0.6 is 0 Å². The van der Waals surface area contributed by atoms with Gasteiger partial charge in [-0.15, -0.1) is 0 Å². The topological polar surface area (TPSA) is 95.3 Å². The molecule has 1 unspecified atom stereocenters. The summed E-state index contributed by atoms with van der Waals surface area (Å²) < 4.78 is 16.6. The van der Waals surface area contributed by atoms with Crippen molar-refractivity contribution in [1.29, 1.82) is 5.26 Å². The quantitative estimate of drug-likeness (QED) is 0.569. The Balaban J connectivity index is 1.56. The predicted molar refractivity (Wildman–Crippen MR) is 128 cm³/mol. The number of amides is 2. The Morgan fingerprint density at radius 3 is 2.68 bits per heavy atom. The molecular weight excluding hydrogens is 496 g/mol. The molecule has 4 fully saturated rings. The number of hydrogen-bond donors (Lipinski definition) is 0. The summed E-state index contributed by atoms with van der Waals surface area (Å²) in [6.45, 7) is 4.97. The first-order valence-electron chi connectivity index (χ1n) is 11.1. The summed E-state index contributed by atoms with van der Waals surface area (Å²) in [6, 6.07) is 7.54. The first-order valence-corrected chi connectivity index (χ1v) is 14.6. The van der Waals surface area contributed by atoms with Crippen LogP contribution in [0.2, 0.25) is 0 Å². The Morgan fingerprint density at radius 1 is 1.24 bits per heavy atom. The molecule has 12 heteroatoms. The Morgan fingerprint density at radius 2 is 1.97 bits per heavy atom. The van der Waals surface area contributed by atoms with Crippen LogP contribution in [0.5, 0.6) is 11.5 Å². The van der Waals surface area contributed by atoms with Crippen molar-refractivity contribution in [2.45, 2.75) is 29.1 Å². The van der Waals surface area contributed by atoms with Gasteiger partial charge in [0.25, 0.3) is 11.8 Å². The van der Waals surface area contributed by atoms with Crippen molar-refractivity contribution in [2.75, 3.05) is 46.7 Å². The largest absolute Gasteiger partial charge is 0.454 e. The summed E-state index contributed by atoms with van der Waals surface area (Å²) in [5.41, 5.74) is -0.229. The molecule has 5 atom stereocenters. The maximum Gasteiger partial charge on any atom is 0.261 e. The van der Waals surface area contributed by atoms with Crippen molar-refractivity contribution in [1.82, 2.24) is 14.7 Å². The van der Waals surface area contributed by atoms with Gasteiger partial charge in [0.15, 0.2) is 21.2 Å². The third kappa shape index (κ3) is 2.57. The molecule has 0 radical (unpaired) electrons. The van der Waals surface area contributed by atoms with Crippen molar-refractivity contribution >= 4 is 41.3 Å². The first-order chi connectivity index (χ1) is 16.3. The smallest absolute Gasteiger partial charge is 0.261 e. The average molecular weight is 521 g/mol. The van der Waals surface area contributed by atoms with Gasteiger partial charge in [0.05, 0.1) is 30.7 Å². The average Bonchev–Trinajstić information content (AvgIpc) is 3.51. The number of fused-ring (bicyclic) bond motifs is 2. The van der Waals surface area contributed by atoms with Crippen molar-refractivity contribution in [3.63, 3.8) is 0 Å². The summed E-state index contributed by atoms with van der Waals surface area (Å²) in [4.78, 5) is 31.3. The number of carbonyl (C=O) groups is 2. The predicted octanol–water partition coefficient (Wildman–Crippen LogP) is 0.507. The summed E-state index contributed by atoms with van der Waals surface area (Å²) in [6.07, 6.45) is 0.254. The molecule has 0 aliphatic carbocycles. The second kappa shape index (κ2) is 7.48. The molecule has 2 bridgehead atoms. The molecule has 34 heavy (non-hydrogen) atoms. The summed E-state index contributed by atoms with van der Waals surface area (Å²) in [5.74, 6) is 0.946. The zero-order valence-corrected chi connectivity index (χ0v) is 21.3. The molecule has 5 heterocycles. The van der Waals surface area contributed by atoms with Gasteiger partial charge >= 0.3 is 0 Å². The van der Waals surface area contributed by atoms with E-state index < -0.39 is 30.7 Å². The number of carbonyl (C=O) groups excluding carboxylic acids is 2. The van der Waals surface area contributed by atoms with Gasteiger partial charge in [-0.2, -0.15) is 5.26 Å². The molecule has 0 saturated carbocycles. The molecule has 9 nitrogen and oxygen atoms in total. The maximum absolute atomic E-state index is 14.1. The molecule has 4 saturated heterocycles. The van der Waals surface area contributed by atoms with E-state index >= 15 is 0 Å². The van der Waals surface area contributed by atoms with E-state index in [0.717, 1.165) is 14.4 Å². The van der Waals surface area contributed by atoms with Crippen LogP contribution < -0.4 is 9.47 Å². The number of rotatable bonds is 3. The number of piperazine rings is 1. The summed E-state index contributed by atoms with van der Waals surface area (Å²) in [5, 5.41) is 10.8. The van der Waals surface area contributed by atoms with E-state index in [0.29, 0.717) is 44.3 Å². The minimum Gasteiger partial charge on any atom is -0.454 e. The van der Waals surface area contributed by atoms with Gasteiger partial charge in [-0.3, -0.25) is 14.5 Å². The Labute approximate surface area is 207 Å². The van der Waals surface area contributed by atoms with Crippen LogP contribution in [0.1, 0.15) is 24.9 Å². The Bertz CT molecular complexity index is 1230. The van der Waals surface area contributed by atoms with Crippen LogP contribution in [-0.4, -0.2) is 82.9 Å². The first kappa shape index (κ1) is 22.4. The molecule has 2 amide bonds. The Kier molecular flexibility index (Phi) is 4.93. The highest BCUT2D eigenvalue weighted by atomic mass is 33.1. The van der Waals surface area contributed by atoms with Crippen LogP contribution in [-0.2, 0) is 43.8 Å². The summed E-state index contributed by atoms with van der Waals surface area (Å²) in [7, 11) is 2.03. The van der Waals surface area contributed by atoms with E-state index in [9.17, 15) is 14.9 Å². The summed E-state index contributed by atoms with van der Waals surface area (Å²) >= 11 is 5.47. The number of nitrogens with zero attached hydrogens (tertiary/aromatic N) is 4. The fourth-order valence-electron chi connectivity index (χ4n) is 6.22. The van der Waals surface area contributed by atoms with Gasteiger partial charge in [-0.25, -0.2) is 0 Å². The van der Waals surface area contributed by atoms with E-state index in [2.05, 4.69) is 11.0 Å². The fourth-order valence-corrected chi connectivity index (χ4v) is 12.9. The molecule has 180 valence electrons. The molecule has 1 aromatic carbocycles. The minimum atomic E-state index is -1.13. The highest BCUT2D eigenvalue weighted by Crippen LogP contribution is 2.65. The lowest BCUT2D eigenvalue weighted by atomic mass is 9.76. The molecule has 0 N–H and O–H groups in total. The van der Waals surface area contributed by atoms with Crippen LogP contribution in [0.3, 0.4) is 0 Å². The van der Waals surface area contributed by atoms with E-state index in [1.165, 1.54) is 0 Å². The lowest BCUT2D eigenvalue weighted by molar-refractivity contribution is -0.159. The van der Waals surface area contributed by atoms with Gasteiger partial charge in [0, 0.05) is 33.1 Å². The van der Waals surface area contributed by atoms with Crippen molar-refractivity contribution in [3.8, 4) is 17.6 Å². The van der Waals surface area contributed by atoms with E-state index in [-0.39, 0.29) is 25.0 Å². The third-order valence-electron chi connectivity index (χ3n) is 7.90. The minimum absolute atomic E-state index is 0.125. The lowest BCUT2D eigenvalue weighted by Gasteiger charge is -2.41. The molecule has 5 aliphatic rings.